The van der Waals surface area contributed by atoms with Crippen LogP contribution in [0.4, 0.5) is 0 Å². The number of methoxy groups -OCH3 is 2. The van der Waals surface area contributed by atoms with Gasteiger partial charge in [0.15, 0.2) is 6.10 Å². The molecule has 0 fully saturated rings. The van der Waals surface area contributed by atoms with Crippen molar-refractivity contribution in [3.8, 4) is 5.75 Å². The molecule has 0 spiro atoms. The molecule has 6 nitrogen and oxygen atoms in total. The number of benzene rings is 1. The van der Waals surface area contributed by atoms with Gasteiger partial charge in [0.05, 0.1) is 14.2 Å². The maximum absolute atomic E-state index is 11.1. The van der Waals surface area contributed by atoms with Crippen molar-refractivity contribution in [2.75, 3.05) is 14.2 Å². The molecule has 0 saturated carbocycles. The number of carbonyl (C=O) groups excluding carboxylic acids is 2. The maximum Gasteiger partial charge on any atom is 0.337 e. The van der Waals surface area contributed by atoms with Crippen molar-refractivity contribution in [2.24, 2.45) is 0 Å². The van der Waals surface area contributed by atoms with Gasteiger partial charge in [0.1, 0.15) is 18.1 Å². The highest BCUT2D eigenvalue weighted by atomic mass is 16.5. The largest absolute Gasteiger partial charge is 0.496 e. The van der Waals surface area contributed by atoms with Crippen LogP contribution in [0.15, 0.2) is 18.2 Å². The molecule has 1 rings (SSSR count). The summed E-state index contributed by atoms with van der Waals surface area (Å²) < 4.78 is 9.32. The molecule has 0 aliphatic carbocycles. The van der Waals surface area contributed by atoms with Gasteiger partial charge in [-0.1, -0.05) is 0 Å². The zero-order valence-corrected chi connectivity index (χ0v) is 9.99. The van der Waals surface area contributed by atoms with Crippen LogP contribution in [0, 0.1) is 0 Å². The molecular formula is C12H14O6. The van der Waals surface area contributed by atoms with Gasteiger partial charge in [0, 0.05) is 11.1 Å². The molecule has 0 radical (unpaired) electrons. The smallest absolute Gasteiger partial charge is 0.337 e. The third kappa shape index (κ3) is 2.85. The first-order valence-corrected chi connectivity index (χ1v) is 5.12. The molecule has 1 aromatic rings. The number of aliphatic hydroxyl groups excluding tert-OH is 2. The predicted octanol–water partition coefficient (Wildman–Crippen LogP) is 0.0750. The molecule has 0 aliphatic heterocycles. The summed E-state index contributed by atoms with van der Waals surface area (Å²) in [6, 6.07) is 4.29. The lowest BCUT2D eigenvalue weighted by molar-refractivity contribution is -0.156. The predicted molar refractivity (Wildman–Crippen MR) is 61.4 cm³/mol. The molecule has 98 valence electrons. The Kier molecular flexibility index (Phi) is 4.82. The molecule has 0 heterocycles. The minimum absolute atomic E-state index is 0.139. The number of aldehydes is 1. The van der Waals surface area contributed by atoms with Crippen molar-refractivity contribution in [3.63, 3.8) is 0 Å². The quantitative estimate of drug-likeness (QED) is 0.570. The lowest BCUT2D eigenvalue weighted by Crippen LogP contribution is -2.29. The molecule has 0 aromatic heterocycles. The molecule has 2 unspecified atom stereocenters. The molecule has 2 atom stereocenters. The van der Waals surface area contributed by atoms with Gasteiger partial charge < -0.3 is 19.7 Å². The second kappa shape index (κ2) is 6.13. The van der Waals surface area contributed by atoms with E-state index in [4.69, 9.17) is 4.74 Å². The summed E-state index contributed by atoms with van der Waals surface area (Å²) in [4.78, 5) is 21.8. The van der Waals surface area contributed by atoms with E-state index >= 15 is 0 Å². The fourth-order valence-electron chi connectivity index (χ4n) is 1.48. The van der Waals surface area contributed by atoms with Crippen molar-refractivity contribution in [3.05, 3.63) is 29.3 Å². The summed E-state index contributed by atoms with van der Waals surface area (Å²) in [7, 11) is 2.47. The molecule has 0 amide bonds. The lowest BCUT2D eigenvalue weighted by Gasteiger charge is -2.18. The number of hydrogen-bond acceptors (Lipinski definition) is 6. The fraction of sp³-hybridized carbons (Fsp3) is 0.333. The van der Waals surface area contributed by atoms with Gasteiger partial charge in [0.25, 0.3) is 0 Å². The van der Waals surface area contributed by atoms with Crippen LogP contribution in [0.5, 0.6) is 5.75 Å². The minimum atomic E-state index is -1.74. The highest BCUT2D eigenvalue weighted by Crippen LogP contribution is 2.28. The van der Waals surface area contributed by atoms with Crippen LogP contribution in [0.25, 0.3) is 0 Å². The van der Waals surface area contributed by atoms with Crippen LogP contribution in [-0.2, 0) is 9.53 Å². The van der Waals surface area contributed by atoms with Crippen molar-refractivity contribution in [1.82, 2.24) is 0 Å². The Bertz CT molecular complexity index is 442. The van der Waals surface area contributed by atoms with Crippen LogP contribution in [0.1, 0.15) is 22.0 Å². The van der Waals surface area contributed by atoms with Crippen molar-refractivity contribution in [1.29, 1.82) is 0 Å². The Morgan fingerprint density at radius 3 is 2.50 bits per heavy atom. The van der Waals surface area contributed by atoms with E-state index < -0.39 is 18.2 Å². The minimum Gasteiger partial charge on any atom is -0.496 e. The summed E-state index contributed by atoms with van der Waals surface area (Å²) in [5, 5.41) is 19.4. The topological polar surface area (TPSA) is 93.1 Å². The molecular weight excluding hydrogens is 240 g/mol. The van der Waals surface area contributed by atoms with Crippen molar-refractivity contribution in [2.45, 2.75) is 12.2 Å². The van der Waals surface area contributed by atoms with Gasteiger partial charge in [-0.05, 0) is 18.2 Å². The Morgan fingerprint density at radius 1 is 1.33 bits per heavy atom. The van der Waals surface area contributed by atoms with Crippen molar-refractivity contribution < 1.29 is 29.3 Å². The van der Waals surface area contributed by atoms with Crippen LogP contribution in [0.3, 0.4) is 0 Å². The van der Waals surface area contributed by atoms with E-state index in [1.165, 1.54) is 25.3 Å². The monoisotopic (exact) mass is 254 g/mol. The average molecular weight is 254 g/mol. The summed E-state index contributed by atoms with van der Waals surface area (Å²) in [6.07, 6.45) is -2.70. The van der Waals surface area contributed by atoms with E-state index in [-0.39, 0.29) is 11.3 Å². The van der Waals surface area contributed by atoms with Gasteiger partial charge in [-0.3, -0.25) is 4.79 Å². The number of hydrogen-bond donors (Lipinski definition) is 2. The zero-order valence-electron chi connectivity index (χ0n) is 9.99. The molecule has 2 N–H and O–H groups in total. The van der Waals surface area contributed by atoms with E-state index in [0.717, 1.165) is 7.11 Å². The number of aliphatic hydroxyl groups is 2. The molecule has 0 aliphatic rings. The summed E-state index contributed by atoms with van der Waals surface area (Å²) >= 11 is 0. The molecule has 18 heavy (non-hydrogen) atoms. The second-order valence-corrected chi connectivity index (χ2v) is 3.53. The van der Waals surface area contributed by atoms with Crippen molar-refractivity contribution >= 4 is 12.3 Å². The molecule has 1 aromatic carbocycles. The first-order valence-electron chi connectivity index (χ1n) is 5.12. The summed E-state index contributed by atoms with van der Waals surface area (Å²) in [5.41, 5.74) is 0.432. The third-order valence-electron chi connectivity index (χ3n) is 2.45. The molecule has 0 saturated heterocycles. The Morgan fingerprint density at radius 2 is 2.00 bits per heavy atom. The molecule has 0 bridgehead atoms. The first-order chi connectivity index (χ1) is 8.54. The van der Waals surface area contributed by atoms with Gasteiger partial charge in [0.2, 0.25) is 0 Å². The fourth-order valence-corrected chi connectivity index (χ4v) is 1.48. The van der Waals surface area contributed by atoms with Gasteiger partial charge in [-0.15, -0.1) is 0 Å². The maximum atomic E-state index is 11.1. The Labute approximate surface area is 104 Å². The normalized spacial score (nSPS) is 13.6. The molecule has 6 heteroatoms. The van der Waals surface area contributed by atoms with E-state index in [1.807, 2.05) is 0 Å². The lowest BCUT2D eigenvalue weighted by atomic mass is 10.0. The van der Waals surface area contributed by atoms with Crippen LogP contribution < -0.4 is 4.74 Å². The number of carbonyl (C=O) groups is 2. The average Bonchev–Trinajstić information content (AvgIpc) is 2.43. The number of esters is 1. The van der Waals surface area contributed by atoms with E-state index in [0.29, 0.717) is 11.8 Å². The highest BCUT2D eigenvalue weighted by molar-refractivity contribution is 5.77. The van der Waals surface area contributed by atoms with Gasteiger partial charge >= 0.3 is 5.97 Å². The van der Waals surface area contributed by atoms with E-state index in [9.17, 15) is 19.8 Å². The summed E-state index contributed by atoms with van der Waals surface area (Å²) in [5.74, 6) is -0.711. The SMILES string of the molecule is COC(=O)C(O)C(O)c1cc(C=O)ccc1OC. The third-order valence-corrected chi connectivity index (χ3v) is 2.45. The van der Waals surface area contributed by atoms with Crippen LogP contribution in [0.2, 0.25) is 0 Å². The van der Waals surface area contributed by atoms with Crippen LogP contribution >= 0.6 is 0 Å². The zero-order chi connectivity index (χ0) is 13.7. The summed E-state index contributed by atoms with van der Waals surface area (Å²) in [6.45, 7) is 0. The van der Waals surface area contributed by atoms with Gasteiger partial charge in [-0.2, -0.15) is 0 Å². The Hall–Kier alpha value is -1.92. The van der Waals surface area contributed by atoms with E-state index in [2.05, 4.69) is 4.74 Å². The number of ether oxygens (including phenoxy) is 2. The highest BCUT2D eigenvalue weighted by Gasteiger charge is 2.28. The Balaban J connectivity index is 3.13. The van der Waals surface area contributed by atoms with E-state index in [1.54, 1.807) is 0 Å². The second-order valence-electron chi connectivity index (χ2n) is 3.53. The van der Waals surface area contributed by atoms with Crippen LogP contribution in [-0.4, -0.2) is 42.8 Å². The standard InChI is InChI=1S/C12H14O6/c1-17-9-4-3-7(6-13)5-8(9)10(14)11(15)12(16)18-2/h3-6,10-11,14-15H,1-2H3. The number of rotatable bonds is 5. The van der Waals surface area contributed by atoms with Gasteiger partial charge in [-0.25, -0.2) is 4.79 Å². The first kappa shape index (κ1) is 14.1.